The van der Waals surface area contributed by atoms with Crippen LogP contribution in [0.25, 0.3) is 0 Å². The van der Waals surface area contributed by atoms with Gasteiger partial charge in [0.15, 0.2) is 0 Å². The number of aromatic nitrogens is 1. The number of pyridine rings is 1. The van der Waals surface area contributed by atoms with Gasteiger partial charge in [0.1, 0.15) is 15.2 Å². The summed E-state index contributed by atoms with van der Waals surface area (Å²) in [5.41, 5.74) is 11.9. The van der Waals surface area contributed by atoms with Crippen molar-refractivity contribution in [2.24, 2.45) is 10.9 Å². The number of hydrogen-bond acceptors (Lipinski definition) is 6. The van der Waals surface area contributed by atoms with Crippen LogP contribution < -0.4 is 16.6 Å². The molecule has 0 radical (unpaired) electrons. The molecular weight excluding hydrogens is 441 g/mol. The largest absolute Gasteiger partial charge is 0.398 e. The molecule has 7 nitrogen and oxygen atoms in total. The Hall–Kier alpha value is -2.02. The van der Waals surface area contributed by atoms with Gasteiger partial charge in [-0.2, -0.15) is 13.2 Å². The second-order valence-electron chi connectivity index (χ2n) is 6.92. The van der Waals surface area contributed by atoms with Crippen molar-refractivity contribution >= 4 is 34.4 Å². The van der Waals surface area contributed by atoms with Crippen LogP contribution >= 0.6 is 11.3 Å². The van der Waals surface area contributed by atoms with Gasteiger partial charge in [-0.1, -0.05) is 0 Å². The van der Waals surface area contributed by atoms with Crippen LogP contribution in [-0.2, 0) is 40.6 Å². The molecule has 12 heteroatoms. The average molecular weight is 467 g/mol. The van der Waals surface area contributed by atoms with E-state index in [-0.39, 0.29) is 12.1 Å². The number of carbonyl (C=O) groups is 1. The van der Waals surface area contributed by atoms with E-state index < -0.39 is 29.2 Å². The molecule has 0 spiro atoms. The van der Waals surface area contributed by atoms with E-state index in [4.69, 9.17) is 15.7 Å². The fraction of sp³-hybridized carbons (Fsp3) is 0.444. The van der Waals surface area contributed by atoms with Crippen molar-refractivity contribution in [1.82, 2.24) is 4.98 Å². The third-order valence-electron chi connectivity index (χ3n) is 4.00. The summed E-state index contributed by atoms with van der Waals surface area (Å²) in [4.78, 5) is 12.6. The molecule has 1 unspecified atom stereocenters. The van der Waals surface area contributed by atoms with Crippen molar-refractivity contribution in [2.75, 3.05) is 5.73 Å². The van der Waals surface area contributed by atoms with Gasteiger partial charge in [-0.15, -0.1) is 11.3 Å². The number of thiophene rings is 1. The van der Waals surface area contributed by atoms with Gasteiger partial charge >= 0.3 is 6.18 Å². The first-order valence-corrected chi connectivity index (χ1v) is 10.8. The number of nitrogens with two attached hydrogens (primary N) is 3. The van der Waals surface area contributed by atoms with Crippen molar-refractivity contribution in [3.63, 3.8) is 0 Å². The van der Waals surface area contributed by atoms with Crippen LogP contribution in [0.1, 0.15) is 42.8 Å². The summed E-state index contributed by atoms with van der Waals surface area (Å²) < 4.78 is 47.8. The van der Waals surface area contributed by atoms with Crippen molar-refractivity contribution in [2.45, 2.75) is 55.5 Å². The minimum atomic E-state index is -4.22. The van der Waals surface area contributed by atoms with Crippen LogP contribution in [0.15, 0.2) is 21.7 Å². The predicted octanol–water partition coefficient (Wildman–Crippen LogP) is 2.32. The van der Waals surface area contributed by atoms with E-state index in [1.807, 2.05) is 0 Å². The molecule has 1 atom stereocenters. The van der Waals surface area contributed by atoms with Gasteiger partial charge in [0.25, 0.3) is 0 Å². The van der Waals surface area contributed by atoms with E-state index in [0.29, 0.717) is 9.90 Å². The summed E-state index contributed by atoms with van der Waals surface area (Å²) in [5, 5.41) is 16.5. The van der Waals surface area contributed by atoms with E-state index in [1.54, 1.807) is 25.3 Å². The fourth-order valence-corrected chi connectivity index (χ4v) is 4.23. The van der Waals surface area contributed by atoms with Gasteiger partial charge in [-0.05, 0) is 61.7 Å². The van der Waals surface area contributed by atoms with Crippen LogP contribution in [0.4, 0.5) is 18.9 Å². The number of aryl methyl sites for hydroxylation is 1. The van der Waals surface area contributed by atoms with Gasteiger partial charge in [0.2, 0.25) is 6.41 Å². The lowest BCUT2D eigenvalue weighted by Gasteiger charge is -2.14. The van der Waals surface area contributed by atoms with Crippen LogP contribution in [0.2, 0.25) is 0 Å². The summed E-state index contributed by atoms with van der Waals surface area (Å²) >= 11 is 1.30. The zero-order valence-electron chi connectivity index (χ0n) is 16.5. The molecule has 0 saturated carbocycles. The molecule has 0 bridgehead atoms. The average Bonchev–Trinajstić information content (AvgIpc) is 3.23. The van der Waals surface area contributed by atoms with Gasteiger partial charge < -0.3 is 16.6 Å². The Bertz CT molecular complexity index is 881. The number of carbonyl (C=O) groups excluding carboxylic acids is 1. The Labute approximate surface area is 179 Å². The highest BCUT2D eigenvalue weighted by Gasteiger charge is 2.29. The molecule has 2 aromatic rings. The number of halogens is 3. The molecule has 1 aliphatic carbocycles. The Kier molecular flexibility index (Phi) is 9.40. The number of aliphatic hydroxyl groups is 1. The minimum Gasteiger partial charge on any atom is -0.398 e. The molecular formula is C18H25F3N4O3S2. The molecule has 0 aliphatic heterocycles. The van der Waals surface area contributed by atoms with Gasteiger partial charge in [-0.25, -0.2) is 9.35 Å². The van der Waals surface area contributed by atoms with Crippen LogP contribution in [-0.4, -0.2) is 26.9 Å². The summed E-state index contributed by atoms with van der Waals surface area (Å²) in [6, 6.07) is 3.01. The summed E-state index contributed by atoms with van der Waals surface area (Å²) in [6.45, 7) is 3.36. The highest BCUT2D eigenvalue weighted by Crippen LogP contribution is 2.29. The SMILES string of the molecule is CC(C)(O)c1csc(S(N)=O)c1.NC=O.Nc1cc(CC(F)(F)F)nc2c1CCC2. The molecule has 1 amide bonds. The lowest BCUT2D eigenvalue weighted by Crippen LogP contribution is -2.14. The monoisotopic (exact) mass is 466 g/mol. The Morgan fingerprint density at radius 2 is 1.90 bits per heavy atom. The minimum absolute atomic E-state index is 0.0284. The first-order chi connectivity index (χ1) is 13.8. The van der Waals surface area contributed by atoms with E-state index in [0.717, 1.165) is 36.1 Å². The summed E-state index contributed by atoms with van der Waals surface area (Å²) in [6.07, 6.45) is -2.45. The molecule has 2 heterocycles. The highest BCUT2D eigenvalue weighted by molar-refractivity contribution is 7.85. The third-order valence-corrected chi connectivity index (χ3v) is 6.02. The molecule has 7 N–H and O–H groups in total. The first-order valence-electron chi connectivity index (χ1n) is 8.75. The Morgan fingerprint density at radius 3 is 2.33 bits per heavy atom. The maximum atomic E-state index is 12.1. The number of anilines is 1. The quantitative estimate of drug-likeness (QED) is 0.513. The van der Waals surface area contributed by atoms with Crippen LogP contribution in [0, 0.1) is 0 Å². The standard InChI is InChI=1S/C10H11F3N2.C7H11NO2S2.CH3NO/c11-10(12,13)5-6-4-8(14)7-2-1-3-9(7)15-6;1-7(2,9)5-3-6(11-4-5)12(8)10;2-1-3/h4H,1-3,5H2,(H2,14,15);3-4,9H,8H2,1-2H3;1H,(H2,2,3). The van der Waals surface area contributed by atoms with Crippen molar-refractivity contribution in [3.05, 3.63) is 40.0 Å². The first kappa shape index (κ1) is 26.0. The van der Waals surface area contributed by atoms with Gasteiger partial charge in [0.05, 0.1) is 17.7 Å². The fourth-order valence-electron chi connectivity index (χ4n) is 2.67. The maximum absolute atomic E-state index is 12.1. The van der Waals surface area contributed by atoms with E-state index >= 15 is 0 Å². The maximum Gasteiger partial charge on any atom is 0.394 e. The molecule has 3 rings (SSSR count). The van der Waals surface area contributed by atoms with E-state index in [2.05, 4.69) is 10.7 Å². The summed E-state index contributed by atoms with van der Waals surface area (Å²) in [5.74, 6) is 0. The third kappa shape index (κ3) is 8.38. The second kappa shape index (κ2) is 10.8. The number of fused-ring (bicyclic) bond motifs is 1. The Morgan fingerprint density at radius 1 is 1.30 bits per heavy atom. The summed E-state index contributed by atoms with van der Waals surface area (Å²) in [7, 11) is -1.44. The zero-order chi connectivity index (χ0) is 23.1. The number of alkyl halides is 3. The Balaban J connectivity index is 0.000000271. The lowest BCUT2D eigenvalue weighted by atomic mass is 10.0. The molecule has 0 aromatic carbocycles. The number of rotatable bonds is 3. The molecule has 1 aliphatic rings. The number of primary amides is 1. The van der Waals surface area contributed by atoms with Crippen molar-refractivity contribution < 1.29 is 27.3 Å². The normalized spacial score (nSPS) is 14.0. The zero-order valence-corrected chi connectivity index (χ0v) is 18.2. The van der Waals surface area contributed by atoms with Gasteiger partial charge in [0, 0.05) is 11.4 Å². The smallest absolute Gasteiger partial charge is 0.394 e. The topological polar surface area (TPSA) is 145 Å². The second-order valence-corrected chi connectivity index (χ2v) is 9.12. The van der Waals surface area contributed by atoms with Crippen LogP contribution in [0.3, 0.4) is 0 Å². The number of amides is 1. The predicted molar refractivity (Wildman–Crippen MR) is 111 cm³/mol. The number of nitrogens with zero attached hydrogens (tertiary/aromatic N) is 1. The van der Waals surface area contributed by atoms with E-state index in [1.165, 1.54) is 17.4 Å². The van der Waals surface area contributed by atoms with E-state index in [9.17, 15) is 22.5 Å². The highest BCUT2D eigenvalue weighted by atomic mass is 32.2. The lowest BCUT2D eigenvalue weighted by molar-refractivity contribution is -0.127. The van der Waals surface area contributed by atoms with Gasteiger partial charge in [-0.3, -0.25) is 9.78 Å². The molecule has 0 saturated heterocycles. The molecule has 2 aromatic heterocycles. The molecule has 30 heavy (non-hydrogen) atoms. The van der Waals surface area contributed by atoms with Crippen molar-refractivity contribution in [3.8, 4) is 0 Å². The van der Waals surface area contributed by atoms with Crippen LogP contribution in [0.5, 0.6) is 0 Å². The number of nitrogen functional groups attached to an aromatic ring is 1. The number of hydrogen-bond donors (Lipinski definition) is 4. The molecule has 0 fully saturated rings. The van der Waals surface area contributed by atoms with Crippen molar-refractivity contribution in [1.29, 1.82) is 0 Å². The molecule has 168 valence electrons.